The quantitative estimate of drug-likeness (QED) is 0.635. The van der Waals surface area contributed by atoms with E-state index in [1.807, 2.05) is 0 Å². The number of carbonyl (C=O) groups excluding carboxylic acids is 1. The summed E-state index contributed by atoms with van der Waals surface area (Å²) in [4.78, 5) is 12.3. The number of allylic oxidation sites excluding steroid dienone is 7. The lowest BCUT2D eigenvalue weighted by atomic mass is 9.81. The van der Waals surface area contributed by atoms with E-state index in [4.69, 9.17) is 0 Å². The Morgan fingerprint density at radius 2 is 1.52 bits per heavy atom. The molecule has 3 aliphatic carbocycles. The molecule has 23 heavy (non-hydrogen) atoms. The molecule has 0 aliphatic heterocycles. The molecule has 3 rings (SSSR count). The average Bonchev–Trinajstić information content (AvgIpc) is 2.48. The Balaban J connectivity index is 2.20. The molecule has 0 fully saturated rings. The van der Waals surface area contributed by atoms with Crippen LogP contribution in [0, 0.1) is 5.92 Å². The van der Waals surface area contributed by atoms with Gasteiger partial charge >= 0.3 is 0 Å². The molecule has 0 radical (unpaired) electrons. The topological polar surface area (TPSA) is 37.3 Å². The van der Waals surface area contributed by atoms with Gasteiger partial charge in [-0.2, -0.15) is 0 Å². The second-order valence-corrected chi connectivity index (χ2v) is 7.21. The van der Waals surface area contributed by atoms with Gasteiger partial charge in [0.2, 0.25) is 0 Å². The van der Waals surface area contributed by atoms with Crippen molar-refractivity contribution in [3.8, 4) is 0 Å². The molecule has 2 nitrogen and oxygen atoms in total. The fourth-order valence-electron chi connectivity index (χ4n) is 3.38. The molecule has 0 amide bonds. The van der Waals surface area contributed by atoms with Gasteiger partial charge in [0, 0.05) is 6.42 Å². The minimum absolute atomic E-state index is 0.0390. The van der Waals surface area contributed by atoms with E-state index in [2.05, 4.69) is 39.0 Å². The second kappa shape index (κ2) is 8.44. The highest BCUT2D eigenvalue weighted by atomic mass is 16.3. The van der Waals surface area contributed by atoms with Crippen LogP contribution in [0.15, 0.2) is 46.6 Å². The minimum atomic E-state index is -0.491. The van der Waals surface area contributed by atoms with Gasteiger partial charge in [-0.15, -0.1) is 0 Å². The summed E-state index contributed by atoms with van der Waals surface area (Å²) in [5, 5.41) is 10.4. The van der Waals surface area contributed by atoms with Crippen molar-refractivity contribution in [2.24, 2.45) is 5.92 Å². The molecule has 0 heterocycles. The van der Waals surface area contributed by atoms with Crippen LogP contribution in [0.3, 0.4) is 0 Å². The normalized spacial score (nSPS) is 27.9. The summed E-state index contributed by atoms with van der Waals surface area (Å²) >= 11 is 0. The number of aliphatic hydroxyl groups is 1. The second-order valence-electron chi connectivity index (χ2n) is 7.21. The summed E-state index contributed by atoms with van der Waals surface area (Å²) in [6, 6.07) is 0. The Hall–Kier alpha value is -1.41. The summed E-state index contributed by atoms with van der Waals surface area (Å²) in [5.74, 6) is 0.247. The first kappa shape index (κ1) is 17.9. The molecule has 2 heteroatoms. The predicted molar refractivity (Wildman–Crippen MR) is 96.2 cm³/mol. The summed E-state index contributed by atoms with van der Waals surface area (Å²) in [6.45, 7) is 6.46. The minimum Gasteiger partial charge on any atom is -0.389 e. The van der Waals surface area contributed by atoms with Gasteiger partial charge in [-0.3, -0.25) is 4.79 Å². The Labute approximate surface area is 140 Å². The van der Waals surface area contributed by atoms with Crippen molar-refractivity contribution in [2.45, 2.75) is 71.8 Å². The van der Waals surface area contributed by atoms with E-state index in [-0.39, 0.29) is 11.7 Å². The predicted octanol–water partition coefficient (Wildman–Crippen LogP) is 5.06. The maximum absolute atomic E-state index is 12.3. The van der Waals surface area contributed by atoms with Gasteiger partial charge in [0.15, 0.2) is 5.78 Å². The molecule has 2 bridgehead atoms. The van der Waals surface area contributed by atoms with Gasteiger partial charge in [0.25, 0.3) is 0 Å². The van der Waals surface area contributed by atoms with Gasteiger partial charge in [0.05, 0.1) is 6.10 Å². The molecular weight excluding hydrogens is 284 g/mol. The van der Waals surface area contributed by atoms with Crippen LogP contribution in [0.2, 0.25) is 0 Å². The highest BCUT2D eigenvalue weighted by molar-refractivity contribution is 5.96. The lowest BCUT2D eigenvalue weighted by Gasteiger charge is -2.26. The zero-order chi connectivity index (χ0) is 16.8. The van der Waals surface area contributed by atoms with Crippen molar-refractivity contribution in [1.29, 1.82) is 0 Å². The van der Waals surface area contributed by atoms with E-state index < -0.39 is 6.10 Å². The van der Waals surface area contributed by atoms with Crippen LogP contribution in [0.5, 0.6) is 0 Å². The molecule has 2 unspecified atom stereocenters. The smallest absolute Gasteiger partial charge is 0.159 e. The Morgan fingerprint density at radius 1 is 0.913 bits per heavy atom. The third kappa shape index (κ3) is 5.62. The molecule has 0 aromatic rings. The Bertz CT molecular complexity index is 560. The van der Waals surface area contributed by atoms with E-state index >= 15 is 0 Å². The first-order valence-electron chi connectivity index (χ1n) is 8.84. The van der Waals surface area contributed by atoms with Crippen LogP contribution in [0.25, 0.3) is 0 Å². The molecule has 3 aliphatic rings. The van der Waals surface area contributed by atoms with Crippen molar-refractivity contribution in [2.75, 3.05) is 0 Å². The van der Waals surface area contributed by atoms with E-state index in [1.165, 1.54) is 16.7 Å². The van der Waals surface area contributed by atoms with Crippen LogP contribution in [0.4, 0.5) is 0 Å². The summed E-state index contributed by atoms with van der Waals surface area (Å²) in [5.41, 5.74) is 4.85. The van der Waals surface area contributed by atoms with Crippen molar-refractivity contribution in [3.63, 3.8) is 0 Å². The number of ketones is 1. The monoisotopic (exact) mass is 314 g/mol. The molecule has 126 valence electrons. The maximum Gasteiger partial charge on any atom is 0.159 e. The van der Waals surface area contributed by atoms with Gasteiger partial charge in [-0.1, -0.05) is 34.9 Å². The lowest BCUT2D eigenvalue weighted by molar-refractivity contribution is -0.118. The number of hydrogen-bond donors (Lipinski definition) is 1. The molecule has 2 atom stereocenters. The molecule has 0 aromatic heterocycles. The lowest BCUT2D eigenvalue weighted by Crippen LogP contribution is -2.28. The fraction of sp³-hybridized carbons (Fsp3) is 0.571. The van der Waals surface area contributed by atoms with Gasteiger partial charge in [0.1, 0.15) is 0 Å². The van der Waals surface area contributed by atoms with E-state index in [0.29, 0.717) is 12.8 Å². The summed E-state index contributed by atoms with van der Waals surface area (Å²) < 4.78 is 0. The largest absolute Gasteiger partial charge is 0.389 e. The molecule has 0 aromatic carbocycles. The van der Waals surface area contributed by atoms with Crippen LogP contribution < -0.4 is 0 Å². The third-order valence-corrected chi connectivity index (χ3v) is 4.98. The van der Waals surface area contributed by atoms with Crippen molar-refractivity contribution in [1.82, 2.24) is 0 Å². The van der Waals surface area contributed by atoms with Crippen molar-refractivity contribution in [3.05, 3.63) is 46.6 Å². The maximum atomic E-state index is 12.3. The first-order chi connectivity index (χ1) is 11.0. The van der Waals surface area contributed by atoms with Gasteiger partial charge in [-0.05, 0) is 76.9 Å². The molecule has 0 saturated carbocycles. The number of carbonyl (C=O) groups is 1. The zero-order valence-corrected chi connectivity index (χ0v) is 14.8. The molecule has 1 N–H and O–H groups in total. The SMILES string of the molecule is CC1=CCCC(C)=CCC2=CC(O)C(CC2=O)CC(C)=CCC1. The Morgan fingerprint density at radius 3 is 2.22 bits per heavy atom. The van der Waals surface area contributed by atoms with Crippen LogP contribution in [-0.2, 0) is 4.79 Å². The Kier molecular flexibility index (Phi) is 6.59. The van der Waals surface area contributed by atoms with Crippen LogP contribution in [-0.4, -0.2) is 17.0 Å². The molecule has 0 saturated heterocycles. The number of fused-ring (bicyclic) bond motifs is 10. The third-order valence-electron chi connectivity index (χ3n) is 4.98. The van der Waals surface area contributed by atoms with Crippen LogP contribution >= 0.6 is 0 Å². The highest BCUT2D eigenvalue weighted by Crippen LogP contribution is 2.29. The summed E-state index contributed by atoms with van der Waals surface area (Å²) in [6.07, 6.45) is 14.3. The first-order valence-corrected chi connectivity index (χ1v) is 8.84. The summed E-state index contributed by atoms with van der Waals surface area (Å²) in [7, 11) is 0. The molecular formula is C21H30O2. The van der Waals surface area contributed by atoms with Gasteiger partial charge < -0.3 is 5.11 Å². The highest BCUT2D eigenvalue weighted by Gasteiger charge is 2.28. The fourth-order valence-corrected chi connectivity index (χ4v) is 3.38. The standard InChI is InChI=1S/C21H30O2/c1-15-6-4-8-16(2)10-11-18-13-21(23)19(14-20(18)22)12-17(3)9-5-7-15/h6,9-10,13,19,21,23H,4-5,7-8,11-12,14H2,1-3H3. The van der Waals surface area contributed by atoms with Gasteiger partial charge in [-0.25, -0.2) is 0 Å². The van der Waals surface area contributed by atoms with E-state index in [1.54, 1.807) is 6.08 Å². The van der Waals surface area contributed by atoms with Crippen molar-refractivity contribution >= 4 is 5.78 Å². The van der Waals surface area contributed by atoms with E-state index in [9.17, 15) is 9.90 Å². The van der Waals surface area contributed by atoms with Crippen molar-refractivity contribution < 1.29 is 9.90 Å². The van der Waals surface area contributed by atoms with E-state index in [0.717, 1.165) is 37.7 Å². The zero-order valence-electron chi connectivity index (χ0n) is 14.8. The molecule has 0 spiro atoms. The number of aliphatic hydroxyl groups excluding tert-OH is 1. The average molecular weight is 314 g/mol. The van der Waals surface area contributed by atoms with Crippen LogP contribution in [0.1, 0.15) is 65.7 Å². The number of Topliss-reactive ketones (excluding diaryl/α,β-unsaturated/α-hetero) is 1. The number of rotatable bonds is 0. The number of hydrogen-bond acceptors (Lipinski definition) is 2.